The van der Waals surface area contributed by atoms with Gasteiger partial charge in [-0.25, -0.2) is 4.79 Å². The minimum absolute atomic E-state index is 0.175. The Morgan fingerprint density at radius 1 is 1.38 bits per heavy atom. The maximum Gasteiger partial charge on any atom is 0.410 e. The topological polar surface area (TPSA) is 41.6 Å². The van der Waals surface area contributed by atoms with Crippen molar-refractivity contribution >= 4 is 17.4 Å². The standard InChI is InChI=1S/C19H30N2O2S/c1-13-12-14(8-10-21(13)18(22)23-19(2,3)4)20-16-6-5-7-17-15(16)9-11-24-17/h9,11,13-14,16,20H,5-8,10,12H2,1-4H3. The highest BCUT2D eigenvalue weighted by Gasteiger charge is 2.33. The van der Waals surface area contributed by atoms with E-state index in [4.69, 9.17) is 4.74 Å². The molecule has 5 heteroatoms. The fourth-order valence-electron chi connectivity index (χ4n) is 3.86. The minimum Gasteiger partial charge on any atom is -0.444 e. The zero-order valence-corrected chi connectivity index (χ0v) is 16.1. The molecule has 1 saturated heterocycles. The molecule has 3 atom stereocenters. The van der Waals surface area contributed by atoms with Crippen molar-refractivity contribution in [3.8, 4) is 0 Å². The predicted molar refractivity (Wildman–Crippen MR) is 98.6 cm³/mol. The van der Waals surface area contributed by atoms with Gasteiger partial charge in [-0.2, -0.15) is 0 Å². The van der Waals surface area contributed by atoms with Crippen molar-refractivity contribution in [3.05, 3.63) is 21.9 Å². The Bertz CT molecular complexity index is 578. The third kappa shape index (κ3) is 4.12. The summed E-state index contributed by atoms with van der Waals surface area (Å²) in [5.74, 6) is 0. The van der Waals surface area contributed by atoms with Gasteiger partial charge in [0.1, 0.15) is 5.60 Å². The van der Waals surface area contributed by atoms with Gasteiger partial charge in [0.25, 0.3) is 0 Å². The maximum atomic E-state index is 12.3. The number of rotatable bonds is 2. The lowest BCUT2D eigenvalue weighted by molar-refractivity contribution is 0.00890. The number of hydrogen-bond donors (Lipinski definition) is 1. The van der Waals surface area contributed by atoms with Crippen molar-refractivity contribution in [2.24, 2.45) is 0 Å². The van der Waals surface area contributed by atoms with Crippen LogP contribution in [0.3, 0.4) is 0 Å². The summed E-state index contributed by atoms with van der Waals surface area (Å²) >= 11 is 1.89. The van der Waals surface area contributed by atoms with Crippen LogP contribution in [0.15, 0.2) is 11.4 Å². The molecular formula is C19H30N2O2S. The second kappa shape index (κ2) is 7.04. The van der Waals surface area contributed by atoms with E-state index in [1.165, 1.54) is 24.8 Å². The summed E-state index contributed by atoms with van der Waals surface area (Å²) in [6, 6.07) is 3.48. The van der Waals surface area contributed by atoms with Gasteiger partial charge in [0.15, 0.2) is 0 Å². The molecule has 3 rings (SSSR count). The Morgan fingerprint density at radius 3 is 2.88 bits per heavy atom. The smallest absolute Gasteiger partial charge is 0.410 e. The number of nitrogens with one attached hydrogen (secondary N) is 1. The van der Waals surface area contributed by atoms with Crippen molar-refractivity contribution < 1.29 is 9.53 Å². The Morgan fingerprint density at radius 2 is 2.17 bits per heavy atom. The van der Waals surface area contributed by atoms with E-state index in [9.17, 15) is 4.79 Å². The largest absolute Gasteiger partial charge is 0.444 e. The molecule has 24 heavy (non-hydrogen) atoms. The van der Waals surface area contributed by atoms with Crippen LogP contribution in [0.5, 0.6) is 0 Å². The first-order valence-electron chi connectivity index (χ1n) is 9.15. The van der Waals surface area contributed by atoms with Gasteiger partial charge in [-0.3, -0.25) is 0 Å². The lowest BCUT2D eigenvalue weighted by Gasteiger charge is -2.40. The molecule has 4 nitrogen and oxygen atoms in total. The van der Waals surface area contributed by atoms with E-state index in [1.54, 1.807) is 4.88 Å². The number of amides is 1. The Balaban J connectivity index is 1.56. The van der Waals surface area contributed by atoms with Gasteiger partial charge in [0.2, 0.25) is 0 Å². The molecule has 3 unspecified atom stereocenters. The number of fused-ring (bicyclic) bond motifs is 1. The van der Waals surface area contributed by atoms with Gasteiger partial charge in [-0.05, 0) is 76.8 Å². The molecular weight excluding hydrogens is 320 g/mol. The molecule has 2 aliphatic rings. The van der Waals surface area contributed by atoms with Gasteiger partial charge in [-0.1, -0.05) is 0 Å². The molecule has 0 saturated carbocycles. The number of thiophene rings is 1. The van der Waals surface area contributed by atoms with Crippen molar-refractivity contribution in [1.82, 2.24) is 10.2 Å². The molecule has 1 aliphatic heterocycles. The van der Waals surface area contributed by atoms with E-state index in [1.807, 2.05) is 37.0 Å². The van der Waals surface area contributed by atoms with E-state index in [0.717, 1.165) is 19.4 Å². The fraction of sp³-hybridized carbons (Fsp3) is 0.737. The normalized spacial score (nSPS) is 27.7. The van der Waals surface area contributed by atoms with Gasteiger partial charge < -0.3 is 15.0 Å². The summed E-state index contributed by atoms with van der Waals surface area (Å²) in [5.41, 5.74) is 1.08. The first-order chi connectivity index (χ1) is 11.3. The summed E-state index contributed by atoms with van der Waals surface area (Å²) in [5, 5.41) is 6.09. The second-order valence-electron chi connectivity index (χ2n) is 8.15. The van der Waals surface area contributed by atoms with Crippen LogP contribution in [0.1, 0.15) is 69.9 Å². The van der Waals surface area contributed by atoms with Crippen LogP contribution in [0.4, 0.5) is 4.79 Å². The van der Waals surface area contributed by atoms with E-state index in [0.29, 0.717) is 12.1 Å². The highest BCUT2D eigenvalue weighted by molar-refractivity contribution is 7.10. The summed E-state index contributed by atoms with van der Waals surface area (Å²) in [4.78, 5) is 15.8. The quantitative estimate of drug-likeness (QED) is 0.853. The summed E-state index contributed by atoms with van der Waals surface area (Å²) in [6.07, 6.45) is 5.56. The summed E-state index contributed by atoms with van der Waals surface area (Å²) < 4.78 is 5.54. The minimum atomic E-state index is -0.427. The lowest BCUT2D eigenvalue weighted by atomic mass is 9.91. The number of carbonyl (C=O) groups excluding carboxylic acids is 1. The van der Waals surface area contributed by atoms with Gasteiger partial charge in [0, 0.05) is 29.5 Å². The molecule has 1 aromatic heterocycles. The highest BCUT2D eigenvalue weighted by atomic mass is 32.1. The zero-order valence-electron chi connectivity index (χ0n) is 15.3. The molecule has 1 amide bonds. The second-order valence-corrected chi connectivity index (χ2v) is 9.16. The molecule has 0 spiro atoms. The Kier molecular flexibility index (Phi) is 5.21. The Labute approximate surface area is 149 Å². The predicted octanol–water partition coefficient (Wildman–Crippen LogP) is 4.50. The van der Waals surface area contributed by atoms with Gasteiger partial charge >= 0.3 is 6.09 Å². The molecule has 0 aromatic carbocycles. The number of likely N-dealkylation sites (tertiary alicyclic amines) is 1. The average molecular weight is 351 g/mol. The lowest BCUT2D eigenvalue weighted by Crippen LogP contribution is -2.51. The van der Waals surface area contributed by atoms with Crippen molar-refractivity contribution in [3.63, 3.8) is 0 Å². The Hall–Kier alpha value is -1.07. The molecule has 1 aromatic rings. The monoisotopic (exact) mass is 350 g/mol. The van der Waals surface area contributed by atoms with Crippen LogP contribution in [0, 0.1) is 0 Å². The maximum absolute atomic E-state index is 12.3. The molecule has 1 N–H and O–H groups in total. The van der Waals surface area contributed by atoms with Crippen molar-refractivity contribution in [2.45, 2.75) is 83.5 Å². The van der Waals surface area contributed by atoms with E-state index in [2.05, 4.69) is 23.7 Å². The van der Waals surface area contributed by atoms with Crippen molar-refractivity contribution in [2.75, 3.05) is 6.54 Å². The first kappa shape index (κ1) is 17.7. The molecule has 0 bridgehead atoms. The number of aryl methyl sites for hydroxylation is 1. The van der Waals surface area contributed by atoms with Crippen LogP contribution in [0.2, 0.25) is 0 Å². The number of carbonyl (C=O) groups is 1. The third-order valence-electron chi connectivity index (χ3n) is 4.99. The number of nitrogens with zero attached hydrogens (tertiary/aromatic N) is 1. The molecule has 0 radical (unpaired) electrons. The molecule has 1 fully saturated rings. The molecule has 1 aliphatic carbocycles. The highest BCUT2D eigenvalue weighted by Crippen LogP contribution is 2.34. The van der Waals surface area contributed by atoms with Gasteiger partial charge in [0.05, 0.1) is 0 Å². The van der Waals surface area contributed by atoms with E-state index in [-0.39, 0.29) is 12.1 Å². The third-order valence-corrected chi connectivity index (χ3v) is 5.99. The SMILES string of the molecule is CC1CC(NC2CCCc3sccc32)CCN1C(=O)OC(C)(C)C. The van der Waals surface area contributed by atoms with Crippen LogP contribution in [-0.4, -0.2) is 35.2 Å². The summed E-state index contributed by atoms with van der Waals surface area (Å²) in [7, 11) is 0. The van der Waals surface area contributed by atoms with Crippen LogP contribution < -0.4 is 5.32 Å². The zero-order chi connectivity index (χ0) is 17.3. The average Bonchev–Trinajstić information content (AvgIpc) is 2.95. The van der Waals surface area contributed by atoms with Gasteiger partial charge in [-0.15, -0.1) is 11.3 Å². The van der Waals surface area contributed by atoms with Crippen LogP contribution in [-0.2, 0) is 11.2 Å². The summed E-state index contributed by atoms with van der Waals surface area (Å²) in [6.45, 7) is 8.67. The molecule has 134 valence electrons. The van der Waals surface area contributed by atoms with Crippen LogP contribution in [0.25, 0.3) is 0 Å². The first-order valence-corrected chi connectivity index (χ1v) is 10.0. The number of hydrogen-bond acceptors (Lipinski definition) is 4. The molecule has 2 heterocycles. The van der Waals surface area contributed by atoms with E-state index >= 15 is 0 Å². The number of piperidine rings is 1. The fourth-order valence-corrected chi connectivity index (χ4v) is 4.85. The number of ether oxygens (including phenoxy) is 1. The van der Waals surface area contributed by atoms with Crippen LogP contribution >= 0.6 is 11.3 Å². The van der Waals surface area contributed by atoms with E-state index < -0.39 is 5.60 Å². The van der Waals surface area contributed by atoms with Crippen molar-refractivity contribution in [1.29, 1.82) is 0 Å².